The van der Waals surface area contributed by atoms with Gasteiger partial charge in [0.25, 0.3) is 0 Å². The Morgan fingerprint density at radius 1 is 1.56 bits per heavy atom. The van der Waals surface area contributed by atoms with Crippen molar-refractivity contribution in [2.24, 2.45) is 11.7 Å². The average Bonchev–Trinajstić information content (AvgIpc) is 2.39. The van der Waals surface area contributed by atoms with Crippen LogP contribution < -0.4 is 10.6 Å². The lowest BCUT2D eigenvalue weighted by molar-refractivity contribution is 0.348. The Morgan fingerprint density at radius 2 is 2.33 bits per heavy atom. The van der Waals surface area contributed by atoms with E-state index in [-0.39, 0.29) is 0 Å². The van der Waals surface area contributed by atoms with Gasteiger partial charge in [-0.25, -0.2) is 0 Å². The first kappa shape index (κ1) is 13.4. The summed E-state index contributed by atoms with van der Waals surface area (Å²) in [6.07, 6.45) is 2.09. The summed E-state index contributed by atoms with van der Waals surface area (Å²) in [5, 5.41) is 9.27. The Labute approximate surface area is 117 Å². The Kier molecular flexibility index (Phi) is 4.26. The van der Waals surface area contributed by atoms with Gasteiger partial charge in [0.2, 0.25) is 0 Å². The van der Waals surface area contributed by atoms with Gasteiger partial charge in [-0.1, -0.05) is 19.4 Å². The number of nitriles is 1. The molecule has 1 aliphatic rings. The van der Waals surface area contributed by atoms with E-state index in [0.29, 0.717) is 12.0 Å². The van der Waals surface area contributed by atoms with Crippen molar-refractivity contribution in [2.75, 3.05) is 18.0 Å². The van der Waals surface area contributed by atoms with Crippen LogP contribution in [0.5, 0.6) is 0 Å². The van der Waals surface area contributed by atoms with Gasteiger partial charge >= 0.3 is 0 Å². The fraction of sp³-hybridized carbons (Fsp3) is 0.500. The predicted octanol–water partition coefficient (Wildman–Crippen LogP) is 2.88. The summed E-state index contributed by atoms with van der Waals surface area (Å²) >= 11 is 3.44. The van der Waals surface area contributed by atoms with E-state index >= 15 is 0 Å². The molecule has 1 saturated heterocycles. The number of hydrogen-bond donors (Lipinski definition) is 1. The molecule has 0 radical (unpaired) electrons. The van der Waals surface area contributed by atoms with E-state index < -0.39 is 0 Å². The van der Waals surface area contributed by atoms with Crippen LogP contribution in [0.2, 0.25) is 0 Å². The molecule has 0 spiro atoms. The molecule has 1 heterocycles. The van der Waals surface area contributed by atoms with Gasteiger partial charge < -0.3 is 10.6 Å². The van der Waals surface area contributed by atoms with Crippen molar-refractivity contribution in [1.29, 1.82) is 5.26 Å². The molecule has 1 aromatic rings. The van der Waals surface area contributed by atoms with Crippen molar-refractivity contribution >= 4 is 21.6 Å². The highest BCUT2D eigenvalue weighted by Gasteiger charge is 2.26. The fourth-order valence-corrected chi connectivity index (χ4v) is 3.03. The number of benzene rings is 1. The van der Waals surface area contributed by atoms with Crippen molar-refractivity contribution in [3.63, 3.8) is 0 Å². The first-order chi connectivity index (χ1) is 8.67. The summed E-state index contributed by atoms with van der Waals surface area (Å²) in [6, 6.07) is 8.50. The number of rotatable bonds is 2. The predicted molar refractivity (Wildman–Crippen MR) is 77.4 cm³/mol. The van der Waals surface area contributed by atoms with Crippen LogP contribution in [0.1, 0.15) is 25.3 Å². The van der Waals surface area contributed by atoms with Gasteiger partial charge in [-0.3, -0.25) is 0 Å². The summed E-state index contributed by atoms with van der Waals surface area (Å²) in [6.45, 7) is 4.06. The summed E-state index contributed by atoms with van der Waals surface area (Å²) in [4.78, 5) is 2.29. The molecule has 0 bridgehead atoms. The number of piperidine rings is 1. The van der Waals surface area contributed by atoms with E-state index in [1.54, 1.807) is 0 Å². The molecule has 2 atom stereocenters. The highest BCUT2D eigenvalue weighted by Crippen LogP contribution is 2.30. The maximum absolute atomic E-state index is 9.27. The zero-order valence-electron chi connectivity index (χ0n) is 10.6. The zero-order valence-corrected chi connectivity index (χ0v) is 12.2. The molecule has 0 amide bonds. The third kappa shape index (κ3) is 2.52. The van der Waals surface area contributed by atoms with E-state index in [4.69, 9.17) is 5.73 Å². The smallest absolute Gasteiger partial charge is 0.103 e. The molecule has 1 fully saturated rings. The second-order valence-corrected chi connectivity index (χ2v) is 5.67. The van der Waals surface area contributed by atoms with E-state index in [1.807, 2.05) is 18.2 Å². The van der Waals surface area contributed by atoms with Crippen LogP contribution in [-0.2, 0) is 0 Å². The summed E-state index contributed by atoms with van der Waals surface area (Å²) in [7, 11) is 0. The van der Waals surface area contributed by atoms with Gasteiger partial charge in [0, 0.05) is 23.6 Å². The van der Waals surface area contributed by atoms with Gasteiger partial charge in [0.05, 0.1) is 11.3 Å². The Hall–Kier alpha value is -1.05. The van der Waals surface area contributed by atoms with E-state index in [1.165, 1.54) is 0 Å². The van der Waals surface area contributed by atoms with Gasteiger partial charge in [0.15, 0.2) is 0 Å². The molecular formula is C14H18BrN3. The van der Waals surface area contributed by atoms with Crippen LogP contribution in [0.3, 0.4) is 0 Å². The van der Waals surface area contributed by atoms with Crippen LogP contribution in [0, 0.1) is 17.2 Å². The molecule has 96 valence electrons. The largest absolute Gasteiger partial charge is 0.370 e. The van der Waals surface area contributed by atoms with Crippen molar-refractivity contribution in [3.8, 4) is 6.07 Å². The normalized spacial score (nSPS) is 23.8. The third-order valence-electron chi connectivity index (χ3n) is 3.76. The number of anilines is 1. The molecular weight excluding hydrogens is 290 g/mol. The monoisotopic (exact) mass is 307 g/mol. The summed E-state index contributed by atoms with van der Waals surface area (Å²) in [5.41, 5.74) is 7.88. The van der Waals surface area contributed by atoms with E-state index in [2.05, 4.69) is 33.8 Å². The lowest BCUT2D eigenvalue weighted by Gasteiger charge is -2.38. The van der Waals surface area contributed by atoms with Crippen molar-refractivity contribution in [2.45, 2.75) is 25.8 Å². The quantitative estimate of drug-likeness (QED) is 0.914. The van der Waals surface area contributed by atoms with Crippen LogP contribution in [0.4, 0.5) is 5.69 Å². The maximum atomic E-state index is 9.27. The summed E-state index contributed by atoms with van der Waals surface area (Å²) in [5.74, 6) is 0.518. The number of hydrogen-bond acceptors (Lipinski definition) is 3. The molecule has 2 N–H and O–H groups in total. The van der Waals surface area contributed by atoms with Crippen LogP contribution >= 0.6 is 15.9 Å². The first-order valence-corrected chi connectivity index (χ1v) is 7.15. The van der Waals surface area contributed by atoms with Crippen molar-refractivity contribution in [1.82, 2.24) is 0 Å². The third-order valence-corrected chi connectivity index (χ3v) is 4.42. The standard InChI is InChI=1S/C14H18BrN3/c1-2-10-9-18(7-6-13(10)17)14-5-3-4-12(15)11(14)8-16/h3-5,10,13H,2,6-7,9,17H2,1H3. The number of nitrogens with two attached hydrogens (primary N) is 1. The molecule has 18 heavy (non-hydrogen) atoms. The molecule has 0 aromatic heterocycles. The molecule has 3 nitrogen and oxygen atoms in total. The van der Waals surface area contributed by atoms with Gasteiger partial charge in [-0.15, -0.1) is 0 Å². The second kappa shape index (κ2) is 5.73. The minimum absolute atomic E-state index is 0.295. The average molecular weight is 308 g/mol. The van der Waals surface area contributed by atoms with Crippen molar-refractivity contribution in [3.05, 3.63) is 28.2 Å². The minimum Gasteiger partial charge on any atom is -0.370 e. The van der Waals surface area contributed by atoms with Gasteiger partial charge in [-0.05, 0) is 40.4 Å². The molecule has 0 saturated carbocycles. The summed E-state index contributed by atoms with van der Waals surface area (Å²) < 4.78 is 0.866. The zero-order chi connectivity index (χ0) is 13.1. The highest BCUT2D eigenvalue weighted by molar-refractivity contribution is 9.10. The first-order valence-electron chi connectivity index (χ1n) is 6.36. The molecule has 4 heteroatoms. The van der Waals surface area contributed by atoms with Crippen LogP contribution in [0.15, 0.2) is 22.7 Å². The second-order valence-electron chi connectivity index (χ2n) is 4.81. The fourth-order valence-electron chi connectivity index (χ4n) is 2.59. The molecule has 2 unspecified atom stereocenters. The van der Waals surface area contributed by atoms with E-state index in [9.17, 15) is 5.26 Å². The SMILES string of the molecule is CCC1CN(c2cccc(Br)c2C#N)CCC1N. The number of nitrogens with zero attached hydrogens (tertiary/aromatic N) is 2. The van der Waals surface area contributed by atoms with Crippen molar-refractivity contribution < 1.29 is 0 Å². The maximum Gasteiger partial charge on any atom is 0.103 e. The van der Waals surface area contributed by atoms with Crippen LogP contribution in [0.25, 0.3) is 0 Å². The number of halogens is 1. The Morgan fingerprint density at radius 3 is 3.00 bits per heavy atom. The Bertz CT molecular complexity index is 467. The molecule has 0 aliphatic carbocycles. The lowest BCUT2D eigenvalue weighted by Crippen LogP contribution is -2.47. The molecule has 1 aliphatic heterocycles. The van der Waals surface area contributed by atoms with Gasteiger partial charge in [-0.2, -0.15) is 5.26 Å². The minimum atomic E-state index is 0.295. The Balaban J connectivity index is 2.28. The van der Waals surface area contributed by atoms with E-state index in [0.717, 1.165) is 41.7 Å². The lowest BCUT2D eigenvalue weighted by atomic mass is 9.90. The molecule has 2 rings (SSSR count). The van der Waals surface area contributed by atoms with Gasteiger partial charge in [0.1, 0.15) is 6.07 Å². The topological polar surface area (TPSA) is 53.0 Å². The molecule has 1 aromatic carbocycles. The van der Waals surface area contributed by atoms with Crippen LogP contribution in [-0.4, -0.2) is 19.1 Å². The highest BCUT2D eigenvalue weighted by atomic mass is 79.9.